The van der Waals surface area contributed by atoms with Crippen LogP contribution in [0, 0.1) is 0 Å². The normalized spacial score (nSPS) is 16.6. The minimum Gasteiger partial charge on any atom is -0.267 e. The van der Waals surface area contributed by atoms with E-state index in [-0.39, 0.29) is 11.9 Å². The summed E-state index contributed by atoms with van der Waals surface area (Å²) in [5.74, 6) is -0.247. The Morgan fingerprint density at radius 3 is 2.20 bits per heavy atom. The number of likely N-dealkylation sites (N-methyl/N-ethyl adjacent to an activating group) is 1. The fourth-order valence-electron chi connectivity index (χ4n) is 2.93. The number of thioether (sulfide) groups is 1. The highest BCUT2D eigenvalue weighted by Crippen LogP contribution is 2.33. The van der Waals surface area contributed by atoms with E-state index in [2.05, 4.69) is 0 Å². The molecule has 3 amide bonds. The van der Waals surface area contributed by atoms with Crippen LogP contribution in [0.25, 0.3) is 5.57 Å². The topological polar surface area (TPSA) is 40.6 Å². The summed E-state index contributed by atoms with van der Waals surface area (Å²) in [6, 6.07) is 17.0. The van der Waals surface area contributed by atoms with Gasteiger partial charge in [-0.05, 0) is 55.5 Å². The van der Waals surface area contributed by atoms with Gasteiger partial charge in [0, 0.05) is 11.4 Å². The molecule has 25 heavy (non-hydrogen) atoms. The Bertz CT molecular complexity index is 829. The highest BCUT2D eigenvalue weighted by Gasteiger charge is 2.42. The summed E-state index contributed by atoms with van der Waals surface area (Å²) in [5.41, 5.74) is 2.86. The SMILES string of the molecule is CCN1C(=O)/C(=C(/C)c2ccc(SC)cc2)N(c2ccccc2)C1=O. The maximum Gasteiger partial charge on any atom is 0.336 e. The zero-order valence-electron chi connectivity index (χ0n) is 14.5. The number of urea groups is 1. The summed E-state index contributed by atoms with van der Waals surface area (Å²) in [6.07, 6.45) is 2.02. The van der Waals surface area contributed by atoms with Crippen molar-refractivity contribution in [3.05, 3.63) is 65.9 Å². The third-order valence-corrected chi connectivity index (χ3v) is 5.05. The van der Waals surface area contributed by atoms with Gasteiger partial charge < -0.3 is 0 Å². The lowest BCUT2D eigenvalue weighted by Gasteiger charge is -2.18. The van der Waals surface area contributed by atoms with Crippen molar-refractivity contribution in [1.29, 1.82) is 0 Å². The third kappa shape index (κ3) is 3.07. The quantitative estimate of drug-likeness (QED) is 0.458. The number of rotatable bonds is 4. The molecule has 1 saturated heterocycles. The van der Waals surface area contributed by atoms with Crippen LogP contribution in [0.1, 0.15) is 19.4 Å². The van der Waals surface area contributed by atoms with Crippen molar-refractivity contribution in [1.82, 2.24) is 4.90 Å². The molecule has 0 atom stereocenters. The van der Waals surface area contributed by atoms with E-state index < -0.39 is 0 Å². The first kappa shape index (κ1) is 17.3. The molecule has 1 aliphatic rings. The summed E-state index contributed by atoms with van der Waals surface area (Å²) in [5, 5.41) is 0. The van der Waals surface area contributed by atoms with Crippen LogP contribution >= 0.6 is 11.8 Å². The number of amides is 3. The number of carbonyl (C=O) groups is 2. The number of allylic oxidation sites excluding steroid dienone is 1. The van der Waals surface area contributed by atoms with Crippen LogP contribution in [-0.2, 0) is 4.79 Å². The van der Waals surface area contributed by atoms with Gasteiger partial charge in [-0.2, -0.15) is 0 Å². The van der Waals surface area contributed by atoms with E-state index >= 15 is 0 Å². The summed E-state index contributed by atoms with van der Waals surface area (Å²) in [6.45, 7) is 4.05. The average molecular weight is 352 g/mol. The Labute approximate surface area is 152 Å². The van der Waals surface area contributed by atoms with Gasteiger partial charge in [-0.3, -0.25) is 14.6 Å². The van der Waals surface area contributed by atoms with Crippen molar-refractivity contribution >= 4 is 35.0 Å². The minimum absolute atomic E-state index is 0.247. The Hall–Kier alpha value is -2.53. The largest absolute Gasteiger partial charge is 0.336 e. The van der Waals surface area contributed by atoms with Crippen molar-refractivity contribution in [2.75, 3.05) is 17.7 Å². The van der Waals surface area contributed by atoms with Gasteiger partial charge in [0.05, 0.1) is 5.69 Å². The van der Waals surface area contributed by atoms with Crippen LogP contribution in [0.4, 0.5) is 10.5 Å². The van der Waals surface area contributed by atoms with Gasteiger partial charge in [0.1, 0.15) is 5.70 Å². The fourth-order valence-corrected chi connectivity index (χ4v) is 3.34. The Morgan fingerprint density at radius 1 is 1.00 bits per heavy atom. The number of hydrogen-bond acceptors (Lipinski definition) is 3. The zero-order chi connectivity index (χ0) is 18.0. The maximum atomic E-state index is 12.9. The first-order valence-corrected chi connectivity index (χ1v) is 9.37. The predicted octanol–water partition coefficient (Wildman–Crippen LogP) is 4.63. The monoisotopic (exact) mass is 352 g/mol. The number of benzene rings is 2. The first-order chi connectivity index (χ1) is 12.1. The molecule has 2 aromatic carbocycles. The van der Waals surface area contributed by atoms with Gasteiger partial charge in [-0.1, -0.05) is 30.3 Å². The number of nitrogens with zero attached hydrogens (tertiary/aromatic N) is 2. The molecule has 1 heterocycles. The third-order valence-electron chi connectivity index (χ3n) is 4.30. The van der Waals surface area contributed by atoms with Crippen LogP contribution in [-0.4, -0.2) is 29.6 Å². The molecule has 0 aromatic heterocycles. The second-order valence-corrected chi connectivity index (χ2v) is 6.58. The van der Waals surface area contributed by atoms with E-state index in [1.54, 1.807) is 11.8 Å². The highest BCUT2D eigenvalue weighted by atomic mass is 32.2. The zero-order valence-corrected chi connectivity index (χ0v) is 15.3. The standard InChI is InChI=1S/C20H20N2O2S/c1-4-21-19(23)18(14(2)15-10-12-17(25-3)13-11-15)22(20(21)24)16-8-6-5-7-9-16/h5-13H,4H2,1-3H3/b18-14+. The molecule has 2 aromatic rings. The van der Waals surface area contributed by atoms with Gasteiger partial charge in [-0.25, -0.2) is 4.79 Å². The second kappa shape index (κ2) is 7.15. The van der Waals surface area contributed by atoms with Crippen molar-refractivity contribution < 1.29 is 9.59 Å². The number of anilines is 1. The number of carbonyl (C=O) groups excluding carboxylic acids is 2. The van der Waals surface area contributed by atoms with Crippen molar-refractivity contribution in [2.24, 2.45) is 0 Å². The summed E-state index contributed by atoms with van der Waals surface area (Å²) in [4.78, 5) is 29.6. The second-order valence-electron chi connectivity index (χ2n) is 5.71. The van der Waals surface area contributed by atoms with Crippen LogP contribution in [0.3, 0.4) is 0 Å². The van der Waals surface area contributed by atoms with Crippen LogP contribution in [0.5, 0.6) is 0 Å². The molecule has 128 valence electrons. The molecule has 3 rings (SSSR count). The fraction of sp³-hybridized carbons (Fsp3) is 0.200. The lowest BCUT2D eigenvalue weighted by Crippen LogP contribution is -2.32. The van der Waals surface area contributed by atoms with Gasteiger partial charge in [0.25, 0.3) is 5.91 Å². The lowest BCUT2D eigenvalue weighted by molar-refractivity contribution is -0.122. The molecular weight excluding hydrogens is 332 g/mol. The Balaban J connectivity index is 2.14. The van der Waals surface area contributed by atoms with Crippen LogP contribution in [0.2, 0.25) is 0 Å². The molecule has 1 fully saturated rings. The van der Waals surface area contributed by atoms with Gasteiger partial charge >= 0.3 is 6.03 Å². The molecular formula is C20H20N2O2S. The molecule has 0 radical (unpaired) electrons. The van der Waals surface area contributed by atoms with E-state index in [1.807, 2.05) is 74.7 Å². The van der Waals surface area contributed by atoms with E-state index in [0.29, 0.717) is 17.9 Å². The number of hydrogen-bond donors (Lipinski definition) is 0. The van der Waals surface area contributed by atoms with Gasteiger partial charge in [0.2, 0.25) is 0 Å². The average Bonchev–Trinajstić information content (AvgIpc) is 2.91. The molecule has 0 spiro atoms. The Morgan fingerprint density at radius 2 is 1.64 bits per heavy atom. The predicted molar refractivity (Wildman–Crippen MR) is 103 cm³/mol. The molecule has 0 bridgehead atoms. The summed E-state index contributed by atoms with van der Waals surface area (Å²) >= 11 is 1.67. The Kier molecular flexibility index (Phi) is 4.95. The van der Waals surface area contributed by atoms with E-state index in [9.17, 15) is 9.59 Å². The van der Waals surface area contributed by atoms with Crippen molar-refractivity contribution in [2.45, 2.75) is 18.7 Å². The minimum atomic E-state index is -0.297. The van der Waals surface area contributed by atoms with Crippen LogP contribution in [0.15, 0.2) is 65.2 Å². The smallest absolute Gasteiger partial charge is 0.267 e. The van der Waals surface area contributed by atoms with Crippen LogP contribution < -0.4 is 4.90 Å². The molecule has 1 aliphatic heterocycles. The van der Waals surface area contributed by atoms with Gasteiger partial charge in [0.15, 0.2) is 0 Å². The first-order valence-electron chi connectivity index (χ1n) is 8.14. The lowest BCUT2D eigenvalue weighted by atomic mass is 10.0. The number of imide groups is 1. The molecule has 4 nitrogen and oxygen atoms in total. The maximum absolute atomic E-state index is 12.9. The molecule has 0 saturated carbocycles. The molecule has 0 unspecified atom stereocenters. The highest BCUT2D eigenvalue weighted by molar-refractivity contribution is 7.98. The summed E-state index contributed by atoms with van der Waals surface area (Å²) in [7, 11) is 0. The van der Waals surface area contributed by atoms with E-state index in [4.69, 9.17) is 0 Å². The number of para-hydroxylation sites is 1. The summed E-state index contributed by atoms with van der Waals surface area (Å²) < 4.78 is 0. The van der Waals surface area contributed by atoms with Crippen molar-refractivity contribution in [3.63, 3.8) is 0 Å². The van der Waals surface area contributed by atoms with Gasteiger partial charge in [-0.15, -0.1) is 11.8 Å². The van der Waals surface area contributed by atoms with E-state index in [1.165, 1.54) is 9.80 Å². The molecule has 0 N–H and O–H groups in total. The van der Waals surface area contributed by atoms with E-state index in [0.717, 1.165) is 16.0 Å². The molecule has 0 aliphatic carbocycles. The van der Waals surface area contributed by atoms with Crippen molar-refractivity contribution in [3.8, 4) is 0 Å². The molecule has 5 heteroatoms.